The fraction of sp³-hybridized carbons (Fsp3) is 0.385. The molecule has 0 unspecified atom stereocenters. The zero-order chi connectivity index (χ0) is 13.4. The maximum atomic E-state index is 13.3. The monoisotopic (exact) mass is 267 g/mol. The predicted molar refractivity (Wildman–Crippen MR) is 77.3 cm³/mol. The van der Waals surface area contributed by atoms with Crippen molar-refractivity contribution in [1.29, 1.82) is 0 Å². The Kier molecular flexibility index (Phi) is 6.28. The highest BCUT2D eigenvalue weighted by molar-refractivity contribution is 7.80. The number of unbranched alkanes of at least 4 members (excludes halogenated alkanes) is 1. The first kappa shape index (κ1) is 14.6. The zero-order valence-electron chi connectivity index (χ0n) is 10.7. The van der Waals surface area contributed by atoms with Crippen LogP contribution in [-0.4, -0.2) is 29.9 Å². The van der Waals surface area contributed by atoms with Gasteiger partial charge in [-0.15, -0.1) is 0 Å². The SMILES string of the molecule is CCCCNC(=S)N(C)/N=C\c1ccccc1F. The average Bonchev–Trinajstić information content (AvgIpc) is 2.37. The Bertz CT molecular complexity index is 420. The second-order valence-electron chi connectivity index (χ2n) is 3.88. The van der Waals surface area contributed by atoms with Gasteiger partial charge in [0.1, 0.15) is 5.82 Å². The van der Waals surface area contributed by atoms with E-state index in [4.69, 9.17) is 12.2 Å². The van der Waals surface area contributed by atoms with E-state index >= 15 is 0 Å². The molecule has 0 aliphatic rings. The highest BCUT2D eigenvalue weighted by Gasteiger charge is 2.01. The molecule has 1 aromatic carbocycles. The molecule has 18 heavy (non-hydrogen) atoms. The molecule has 5 heteroatoms. The number of thiocarbonyl (C=S) groups is 1. The lowest BCUT2D eigenvalue weighted by Crippen LogP contribution is -2.34. The molecule has 3 nitrogen and oxygen atoms in total. The summed E-state index contributed by atoms with van der Waals surface area (Å²) in [5.41, 5.74) is 0.445. The molecule has 0 aromatic heterocycles. The van der Waals surface area contributed by atoms with E-state index < -0.39 is 0 Å². The molecule has 1 rings (SSSR count). The van der Waals surface area contributed by atoms with Crippen LogP contribution < -0.4 is 5.32 Å². The molecule has 0 aliphatic heterocycles. The van der Waals surface area contributed by atoms with Crippen LogP contribution in [0.25, 0.3) is 0 Å². The first-order valence-electron chi connectivity index (χ1n) is 5.95. The number of nitrogens with one attached hydrogen (secondary N) is 1. The number of halogens is 1. The molecule has 0 heterocycles. The topological polar surface area (TPSA) is 27.6 Å². The number of rotatable bonds is 5. The minimum Gasteiger partial charge on any atom is -0.361 e. The van der Waals surface area contributed by atoms with Gasteiger partial charge in [0.05, 0.1) is 6.21 Å². The van der Waals surface area contributed by atoms with Gasteiger partial charge in [-0.25, -0.2) is 9.40 Å². The summed E-state index contributed by atoms with van der Waals surface area (Å²) in [6.07, 6.45) is 3.63. The number of hydrogen-bond acceptors (Lipinski definition) is 2. The lowest BCUT2D eigenvalue weighted by Gasteiger charge is -2.15. The van der Waals surface area contributed by atoms with Gasteiger partial charge in [-0.05, 0) is 24.7 Å². The number of hydrazone groups is 1. The lowest BCUT2D eigenvalue weighted by atomic mass is 10.2. The molecule has 0 fully saturated rings. The van der Waals surface area contributed by atoms with E-state index in [1.54, 1.807) is 25.2 Å². The van der Waals surface area contributed by atoms with Gasteiger partial charge in [0.15, 0.2) is 5.11 Å². The summed E-state index contributed by atoms with van der Waals surface area (Å²) in [6, 6.07) is 6.48. The first-order valence-corrected chi connectivity index (χ1v) is 6.36. The van der Waals surface area contributed by atoms with Crippen molar-refractivity contribution in [2.45, 2.75) is 19.8 Å². The molecule has 98 valence electrons. The maximum absolute atomic E-state index is 13.3. The van der Waals surface area contributed by atoms with Gasteiger partial charge in [0.25, 0.3) is 0 Å². The van der Waals surface area contributed by atoms with Crippen LogP contribution in [-0.2, 0) is 0 Å². The Morgan fingerprint density at radius 2 is 2.22 bits per heavy atom. The van der Waals surface area contributed by atoms with Crippen molar-refractivity contribution in [3.8, 4) is 0 Å². The summed E-state index contributed by atoms with van der Waals surface area (Å²) in [6.45, 7) is 2.94. The zero-order valence-corrected chi connectivity index (χ0v) is 11.5. The first-order chi connectivity index (χ1) is 8.65. The smallest absolute Gasteiger partial charge is 0.189 e. The minimum atomic E-state index is -0.292. The van der Waals surface area contributed by atoms with Crippen LogP contribution in [0.2, 0.25) is 0 Å². The quantitative estimate of drug-likeness (QED) is 0.385. The molecule has 0 atom stereocenters. The summed E-state index contributed by atoms with van der Waals surface area (Å²) in [5, 5.41) is 9.25. The van der Waals surface area contributed by atoms with E-state index in [1.165, 1.54) is 17.3 Å². The molecule has 0 bridgehead atoms. The highest BCUT2D eigenvalue weighted by Crippen LogP contribution is 2.03. The van der Waals surface area contributed by atoms with E-state index in [1.807, 2.05) is 0 Å². The standard InChI is InChI=1S/C13H18FN3S/c1-3-4-9-15-13(18)17(2)16-10-11-7-5-6-8-12(11)14/h5-8,10H,3-4,9H2,1-2H3,(H,15,18)/b16-10-. The van der Waals surface area contributed by atoms with E-state index in [0.717, 1.165) is 19.4 Å². The molecule has 0 saturated heterocycles. The Morgan fingerprint density at radius 1 is 1.50 bits per heavy atom. The Balaban J connectivity index is 2.51. The van der Waals surface area contributed by atoms with Gasteiger partial charge in [-0.3, -0.25) is 0 Å². The molecular weight excluding hydrogens is 249 g/mol. The van der Waals surface area contributed by atoms with Crippen molar-refractivity contribution in [2.24, 2.45) is 5.10 Å². The van der Waals surface area contributed by atoms with Crippen LogP contribution in [0.15, 0.2) is 29.4 Å². The Hall–Kier alpha value is -1.49. The van der Waals surface area contributed by atoms with Crippen molar-refractivity contribution >= 4 is 23.5 Å². The van der Waals surface area contributed by atoms with E-state index in [9.17, 15) is 4.39 Å². The van der Waals surface area contributed by atoms with Crippen molar-refractivity contribution in [3.63, 3.8) is 0 Å². The van der Waals surface area contributed by atoms with Crippen molar-refractivity contribution in [2.75, 3.05) is 13.6 Å². The summed E-state index contributed by atoms with van der Waals surface area (Å²) in [4.78, 5) is 0. The van der Waals surface area contributed by atoms with Crippen LogP contribution in [0.4, 0.5) is 4.39 Å². The van der Waals surface area contributed by atoms with Gasteiger partial charge < -0.3 is 5.32 Å². The molecule has 0 spiro atoms. The maximum Gasteiger partial charge on any atom is 0.189 e. The van der Waals surface area contributed by atoms with Gasteiger partial charge in [-0.2, -0.15) is 5.10 Å². The third-order valence-corrected chi connectivity index (χ3v) is 2.78. The van der Waals surface area contributed by atoms with Crippen molar-refractivity contribution in [3.05, 3.63) is 35.6 Å². The van der Waals surface area contributed by atoms with Crippen LogP contribution in [0.5, 0.6) is 0 Å². The minimum absolute atomic E-state index is 0.292. The molecule has 0 amide bonds. The van der Waals surface area contributed by atoms with E-state index in [-0.39, 0.29) is 5.82 Å². The van der Waals surface area contributed by atoms with Crippen LogP contribution in [0.1, 0.15) is 25.3 Å². The number of nitrogens with zero attached hydrogens (tertiary/aromatic N) is 2. The summed E-state index contributed by atoms with van der Waals surface area (Å²) in [7, 11) is 1.73. The van der Waals surface area contributed by atoms with Gasteiger partial charge in [-0.1, -0.05) is 31.5 Å². The fourth-order valence-electron chi connectivity index (χ4n) is 1.27. The summed E-state index contributed by atoms with van der Waals surface area (Å²) < 4.78 is 13.3. The Morgan fingerprint density at radius 3 is 2.89 bits per heavy atom. The van der Waals surface area contributed by atoms with E-state index in [0.29, 0.717) is 10.7 Å². The predicted octanol–water partition coefficient (Wildman–Crippen LogP) is 2.77. The Labute approximate surface area is 113 Å². The highest BCUT2D eigenvalue weighted by atomic mass is 32.1. The van der Waals surface area contributed by atoms with Crippen LogP contribution >= 0.6 is 12.2 Å². The lowest BCUT2D eigenvalue weighted by molar-refractivity contribution is 0.529. The summed E-state index contributed by atoms with van der Waals surface area (Å²) in [5.74, 6) is -0.292. The molecule has 0 radical (unpaired) electrons. The number of benzene rings is 1. The third-order valence-electron chi connectivity index (χ3n) is 2.38. The van der Waals surface area contributed by atoms with Crippen LogP contribution in [0, 0.1) is 5.82 Å². The van der Waals surface area contributed by atoms with E-state index in [2.05, 4.69) is 17.3 Å². The van der Waals surface area contributed by atoms with Gasteiger partial charge >= 0.3 is 0 Å². The largest absolute Gasteiger partial charge is 0.361 e. The molecule has 1 N–H and O–H groups in total. The fourth-order valence-corrected chi connectivity index (χ4v) is 1.42. The molecule has 0 saturated carbocycles. The van der Waals surface area contributed by atoms with Gasteiger partial charge in [0.2, 0.25) is 0 Å². The van der Waals surface area contributed by atoms with Gasteiger partial charge in [0, 0.05) is 19.2 Å². The average molecular weight is 267 g/mol. The van der Waals surface area contributed by atoms with Crippen LogP contribution in [0.3, 0.4) is 0 Å². The summed E-state index contributed by atoms with van der Waals surface area (Å²) >= 11 is 5.15. The second kappa shape index (κ2) is 7.76. The third kappa shape index (κ3) is 4.79. The van der Waals surface area contributed by atoms with Crippen molar-refractivity contribution in [1.82, 2.24) is 10.3 Å². The second-order valence-corrected chi connectivity index (χ2v) is 4.26. The molecule has 1 aromatic rings. The molecule has 0 aliphatic carbocycles. The molecular formula is C13H18FN3S. The normalized spacial score (nSPS) is 10.6. The van der Waals surface area contributed by atoms with Crippen molar-refractivity contribution < 1.29 is 4.39 Å². The number of hydrogen-bond donors (Lipinski definition) is 1.